The maximum Gasteiger partial charge on any atom is 0.309 e. The van der Waals surface area contributed by atoms with Gasteiger partial charge < -0.3 is 14.6 Å². The number of carbonyl (C=O) groups is 1. The van der Waals surface area contributed by atoms with Crippen molar-refractivity contribution in [2.45, 2.75) is 107 Å². The van der Waals surface area contributed by atoms with Gasteiger partial charge in [0.05, 0.1) is 25.1 Å². The van der Waals surface area contributed by atoms with Crippen molar-refractivity contribution in [3.05, 3.63) is 64.8 Å². The molecule has 12 rings (SSSR count). The van der Waals surface area contributed by atoms with Crippen LogP contribution in [-0.2, 0) is 21.4 Å². The van der Waals surface area contributed by atoms with Crippen LogP contribution in [0.25, 0.3) is 10.9 Å². The smallest absolute Gasteiger partial charge is 0.309 e. The molecule has 0 radical (unpaired) electrons. The number of piperidine rings is 2. The molecule has 8 atom stereocenters. The maximum atomic E-state index is 13.5. The summed E-state index contributed by atoms with van der Waals surface area (Å²) in [6, 6.07) is 18.3. The second-order valence-electron chi connectivity index (χ2n) is 16.8. The Morgan fingerprint density at radius 2 is 1.83 bits per heavy atom. The van der Waals surface area contributed by atoms with Crippen LogP contribution in [0.1, 0.15) is 106 Å². The Bertz CT molecular complexity index is 1830. The predicted octanol–water partition coefficient (Wildman–Crippen LogP) is 6.97. The molecule has 3 spiro atoms. The summed E-state index contributed by atoms with van der Waals surface area (Å²) in [5, 5.41) is 5.70. The van der Waals surface area contributed by atoms with Crippen LogP contribution in [0.3, 0.4) is 0 Å². The number of para-hydroxylation sites is 1. The van der Waals surface area contributed by atoms with E-state index in [0.29, 0.717) is 23.5 Å². The fourth-order valence-corrected chi connectivity index (χ4v) is 14.2. The van der Waals surface area contributed by atoms with Gasteiger partial charge in [-0.2, -0.15) is 0 Å². The van der Waals surface area contributed by atoms with Gasteiger partial charge in [0.15, 0.2) is 0 Å². The third-order valence-corrected chi connectivity index (χ3v) is 15.8. The topological polar surface area (TPSA) is 49.7 Å². The second-order valence-corrected chi connectivity index (χ2v) is 16.8. The number of anilines is 1. The van der Waals surface area contributed by atoms with Gasteiger partial charge in [0.2, 0.25) is 0 Å². The SMILES string of the molecule is CC[C@@]12CCCN3CCc4c(n(c5ccccc45)[C@H](c4ccc5c(c4)[C@@]46CCN7CCC[C@]8(CC[C@]4(C[C@@H]8C(=O)OC)N5)[C@H]76)C1)[C@H]32. The Labute approximate surface area is 272 Å². The molecule has 7 heterocycles. The van der Waals surface area contributed by atoms with Gasteiger partial charge >= 0.3 is 5.97 Å². The van der Waals surface area contributed by atoms with Gasteiger partial charge in [0.1, 0.15) is 0 Å². The minimum Gasteiger partial charge on any atom is -0.469 e. The zero-order valence-electron chi connectivity index (χ0n) is 27.6. The van der Waals surface area contributed by atoms with Crippen molar-refractivity contribution >= 4 is 22.6 Å². The first-order valence-electron chi connectivity index (χ1n) is 18.6. The van der Waals surface area contributed by atoms with Crippen LogP contribution in [0.2, 0.25) is 0 Å². The van der Waals surface area contributed by atoms with Crippen LogP contribution in [0.5, 0.6) is 0 Å². The molecule has 9 aliphatic rings. The lowest BCUT2D eigenvalue weighted by atomic mass is 9.39. The Morgan fingerprint density at radius 3 is 2.72 bits per heavy atom. The number of esters is 1. The second kappa shape index (κ2) is 8.79. The van der Waals surface area contributed by atoms with E-state index in [1.54, 1.807) is 23.9 Å². The molecular weight excluding hydrogens is 568 g/mol. The zero-order valence-corrected chi connectivity index (χ0v) is 27.6. The Kier molecular flexibility index (Phi) is 5.19. The molecule has 3 saturated carbocycles. The molecule has 1 N–H and O–H groups in total. The number of benzene rings is 2. The van der Waals surface area contributed by atoms with Gasteiger partial charge in [-0.15, -0.1) is 0 Å². The molecule has 240 valence electrons. The number of nitrogens with one attached hydrogen (secondary N) is 1. The summed E-state index contributed by atoms with van der Waals surface area (Å²) in [5.74, 6) is 0.0329. The Balaban J connectivity index is 1.11. The number of carbonyl (C=O) groups excluding carboxylic acids is 1. The highest BCUT2D eigenvalue weighted by atomic mass is 16.5. The fourth-order valence-electron chi connectivity index (χ4n) is 14.2. The summed E-state index contributed by atoms with van der Waals surface area (Å²) in [7, 11) is 1.61. The molecular formula is C40H48N4O2. The third-order valence-electron chi connectivity index (χ3n) is 15.8. The molecule has 2 aromatic carbocycles. The van der Waals surface area contributed by atoms with Crippen LogP contribution in [0, 0.1) is 16.7 Å². The maximum absolute atomic E-state index is 13.5. The molecule has 6 nitrogen and oxygen atoms in total. The number of methoxy groups -OCH3 is 1. The van der Waals surface area contributed by atoms with Crippen LogP contribution in [0.4, 0.5) is 5.69 Å². The minimum atomic E-state index is -0.0587. The molecule has 46 heavy (non-hydrogen) atoms. The lowest BCUT2D eigenvalue weighted by molar-refractivity contribution is -0.179. The van der Waals surface area contributed by atoms with E-state index in [0.717, 1.165) is 19.4 Å². The number of hydrogen-bond donors (Lipinski definition) is 1. The highest BCUT2D eigenvalue weighted by Crippen LogP contribution is 2.74. The largest absolute Gasteiger partial charge is 0.469 e. The fraction of sp³-hybridized carbons (Fsp3) is 0.625. The van der Waals surface area contributed by atoms with Gasteiger partial charge in [0.25, 0.3) is 0 Å². The number of fused-ring (bicyclic) bond motifs is 6. The van der Waals surface area contributed by atoms with E-state index in [2.05, 4.69) is 69.1 Å². The molecule has 0 amide bonds. The summed E-state index contributed by atoms with van der Waals surface area (Å²) in [4.78, 5) is 19.2. The summed E-state index contributed by atoms with van der Waals surface area (Å²) in [6.07, 6.45) is 13.1. The van der Waals surface area contributed by atoms with Crippen LogP contribution < -0.4 is 5.32 Å². The van der Waals surface area contributed by atoms with Crippen molar-refractivity contribution in [2.24, 2.45) is 16.7 Å². The molecule has 1 aromatic heterocycles. The third kappa shape index (κ3) is 2.87. The van der Waals surface area contributed by atoms with Crippen molar-refractivity contribution < 1.29 is 9.53 Å². The molecule has 3 aliphatic carbocycles. The molecule has 6 heteroatoms. The zero-order chi connectivity index (χ0) is 30.6. The van der Waals surface area contributed by atoms with Crippen molar-refractivity contribution in [3.63, 3.8) is 0 Å². The van der Waals surface area contributed by atoms with Gasteiger partial charge in [-0.1, -0.05) is 37.3 Å². The van der Waals surface area contributed by atoms with Gasteiger partial charge in [-0.3, -0.25) is 14.6 Å². The van der Waals surface area contributed by atoms with Gasteiger partial charge in [-0.25, -0.2) is 0 Å². The molecule has 6 fully saturated rings. The number of nitrogens with zero attached hydrogens (tertiary/aromatic N) is 3. The molecule has 0 unspecified atom stereocenters. The van der Waals surface area contributed by atoms with E-state index in [4.69, 9.17) is 4.74 Å². The summed E-state index contributed by atoms with van der Waals surface area (Å²) < 4.78 is 8.38. The van der Waals surface area contributed by atoms with Crippen molar-refractivity contribution in [1.82, 2.24) is 14.4 Å². The number of rotatable bonds is 3. The van der Waals surface area contributed by atoms with Crippen molar-refractivity contribution in [1.29, 1.82) is 0 Å². The van der Waals surface area contributed by atoms with E-state index >= 15 is 0 Å². The van der Waals surface area contributed by atoms with E-state index in [9.17, 15) is 4.79 Å². The summed E-state index contributed by atoms with van der Waals surface area (Å²) >= 11 is 0. The van der Waals surface area contributed by atoms with E-state index in [1.807, 2.05) is 0 Å². The number of aromatic nitrogens is 1. The lowest BCUT2D eigenvalue weighted by Gasteiger charge is -2.69. The van der Waals surface area contributed by atoms with Gasteiger partial charge in [0, 0.05) is 51.2 Å². The van der Waals surface area contributed by atoms with Gasteiger partial charge in [-0.05, 0) is 125 Å². The Morgan fingerprint density at radius 1 is 0.957 bits per heavy atom. The normalized spacial score (nSPS) is 41.4. The average molecular weight is 617 g/mol. The molecule has 6 aliphatic heterocycles. The first-order valence-corrected chi connectivity index (χ1v) is 18.6. The summed E-state index contributed by atoms with van der Waals surface area (Å²) in [5.41, 5.74) is 9.54. The first kappa shape index (κ1) is 27.2. The average Bonchev–Trinajstić information content (AvgIpc) is 3.76. The van der Waals surface area contributed by atoms with E-state index in [1.165, 1.54) is 99.6 Å². The standard InChI is InChI=1S/C40H48N4O2/c1-3-37-13-6-18-42-20-12-27-26-8-4-5-9-31(26)44(33(27)34(37)42)32(24-37)25-10-11-30-28(22-25)40-17-21-43-19-7-14-38(36(40)43)15-16-39(40,41-30)23-29(38)35(45)46-2/h4-5,8-11,22,29,32,34,36,41H,3,6-7,12-21,23-24H2,1-2H3/t29-,32+,34+,36+,37-,38-,39-,40-/m1/s1. The van der Waals surface area contributed by atoms with Crippen LogP contribution >= 0.6 is 0 Å². The Hall–Kier alpha value is -2.83. The van der Waals surface area contributed by atoms with Crippen LogP contribution in [0.15, 0.2) is 42.5 Å². The monoisotopic (exact) mass is 616 g/mol. The lowest BCUT2D eigenvalue weighted by Crippen LogP contribution is -2.76. The molecule has 3 aromatic rings. The quantitative estimate of drug-likeness (QED) is 0.322. The van der Waals surface area contributed by atoms with Crippen molar-refractivity contribution in [3.8, 4) is 0 Å². The predicted molar refractivity (Wildman–Crippen MR) is 180 cm³/mol. The number of hydrogen-bond acceptors (Lipinski definition) is 5. The minimum absolute atomic E-state index is 0.00161. The number of ether oxygens (including phenoxy) is 1. The molecule has 2 bridgehead atoms. The first-order chi connectivity index (χ1) is 22.5. The highest BCUT2D eigenvalue weighted by Gasteiger charge is 2.78. The highest BCUT2D eigenvalue weighted by molar-refractivity contribution is 5.87. The van der Waals surface area contributed by atoms with E-state index < -0.39 is 0 Å². The van der Waals surface area contributed by atoms with Crippen LogP contribution in [-0.4, -0.2) is 65.2 Å². The molecule has 3 saturated heterocycles. The van der Waals surface area contributed by atoms with E-state index in [-0.39, 0.29) is 28.3 Å². The van der Waals surface area contributed by atoms with Crippen molar-refractivity contribution in [2.75, 3.05) is 38.6 Å². The summed E-state index contributed by atoms with van der Waals surface area (Å²) in [6.45, 7) is 7.27.